The van der Waals surface area contributed by atoms with Crippen LogP contribution in [0.15, 0.2) is 53.5 Å². The van der Waals surface area contributed by atoms with Crippen LogP contribution >= 0.6 is 21.6 Å². The molecule has 0 radical (unpaired) electrons. The molecule has 9 fully saturated rings. The van der Waals surface area contributed by atoms with E-state index in [1.807, 2.05) is 4.90 Å². The van der Waals surface area contributed by atoms with Gasteiger partial charge in [0.2, 0.25) is 5.91 Å². The van der Waals surface area contributed by atoms with Crippen LogP contribution in [0.2, 0.25) is 0 Å². The average molecular weight is 1150 g/mol. The minimum Gasteiger partial charge on any atom is -0.504 e. The molecular weight excluding hydrogens is 1060 g/mol. The van der Waals surface area contributed by atoms with Gasteiger partial charge in [-0.1, -0.05) is 76.8 Å². The Hall–Kier alpha value is -3.83. The summed E-state index contributed by atoms with van der Waals surface area (Å²) in [6.45, 7) is 2.63. The van der Waals surface area contributed by atoms with Gasteiger partial charge in [0, 0.05) is 84.2 Å². The molecule has 18 rings (SSSR count). The largest absolute Gasteiger partial charge is 0.504 e. The molecule has 17 unspecified atom stereocenters. The third-order valence-electron chi connectivity index (χ3n) is 26.3. The number of esters is 1. The first kappa shape index (κ1) is 54.8. The van der Waals surface area contributed by atoms with Crippen LogP contribution in [0.1, 0.15) is 214 Å². The van der Waals surface area contributed by atoms with Gasteiger partial charge < -0.3 is 40.7 Å². The van der Waals surface area contributed by atoms with Gasteiger partial charge in [0.05, 0.1) is 24.2 Å². The second-order valence-electron chi connectivity index (χ2n) is 29.6. The second-order valence-corrected chi connectivity index (χ2v) is 32.3. The highest BCUT2D eigenvalue weighted by atomic mass is 33.1. The summed E-state index contributed by atoms with van der Waals surface area (Å²) < 4.78 is 13.9. The molecule has 1 amide bonds. The van der Waals surface area contributed by atoms with Crippen LogP contribution in [0.5, 0.6) is 11.5 Å². The molecule has 6 N–H and O–H groups in total. The number of hydrogen-bond acceptors (Lipinski definition) is 12. The normalized spacial score (nSPS) is 45.5. The summed E-state index contributed by atoms with van der Waals surface area (Å²) in [7, 11) is 4.14. The van der Waals surface area contributed by atoms with E-state index in [2.05, 4.69) is 87.3 Å². The highest BCUT2D eigenvalue weighted by Crippen LogP contribution is 2.72. The van der Waals surface area contributed by atoms with Crippen molar-refractivity contribution in [3.05, 3.63) is 70.8 Å². The lowest BCUT2D eigenvalue weighted by atomic mass is 9.49. The van der Waals surface area contributed by atoms with Gasteiger partial charge in [-0.25, -0.2) is 0 Å². The number of carbonyl (C=O) groups is 2. The highest BCUT2D eigenvalue weighted by molar-refractivity contribution is 8.77. The maximum absolute atomic E-state index is 15.4. The first-order chi connectivity index (χ1) is 39.7. The van der Waals surface area contributed by atoms with Gasteiger partial charge in [-0.05, 0) is 206 Å². The summed E-state index contributed by atoms with van der Waals surface area (Å²) in [5, 5.41) is 42.1. The molecule has 7 spiro atoms. The molecule has 17 atom stereocenters. The number of phenols is 1. The number of aliphatic hydroxyl groups is 2. The first-order valence-electron chi connectivity index (χ1n) is 32.7. The number of phenolic OH excluding ortho intramolecular Hbond substituents is 1. The van der Waals surface area contributed by atoms with Gasteiger partial charge in [-0.3, -0.25) is 14.6 Å². The number of allylic oxidation sites excluding steroid dienone is 1. The van der Waals surface area contributed by atoms with E-state index < -0.39 is 28.1 Å². The maximum Gasteiger partial charge on any atom is 0.303 e. The van der Waals surface area contributed by atoms with Crippen molar-refractivity contribution < 1.29 is 34.4 Å². The zero-order valence-electron chi connectivity index (χ0n) is 48.7. The zero-order chi connectivity index (χ0) is 55.9. The molecule has 14 bridgehead atoms. The number of nitrogens with two attached hydrogens (primary N) is 1. The predicted molar refractivity (Wildman–Crippen MR) is 323 cm³/mol. The fourth-order valence-electron chi connectivity index (χ4n) is 22.6. The third-order valence-corrected chi connectivity index (χ3v) is 29.6. The molecule has 2 aromatic carbocycles. The van der Waals surface area contributed by atoms with E-state index in [9.17, 15) is 20.1 Å². The summed E-state index contributed by atoms with van der Waals surface area (Å²) in [5.74, 6) is 11.7. The van der Waals surface area contributed by atoms with E-state index in [0.29, 0.717) is 86.1 Å². The van der Waals surface area contributed by atoms with Crippen LogP contribution in [-0.2, 0) is 27.3 Å². The highest BCUT2D eigenvalue weighted by Gasteiger charge is 2.67. The number of aromatic hydroxyl groups is 1. The monoisotopic (exact) mass is 1150 g/mol. The molecule has 1 saturated heterocycles. The summed E-state index contributed by atoms with van der Waals surface area (Å²) in [5.41, 5.74) is 8.83. The van der Waals surface area contributed by atoms with E-state index in [1.54, 1.807) is 0 Å². The minimum atomic E-state index is -0.864. The number of carbonyl (C=O) groups excluding carboxylic acids is 2. The molecule has 13 heteroatoms. The van der Waals surface area contributed by atoms with Crippen molar-refractivity contribution in [2.24, 2.45) is 67.4 Å². The van der Waals surface area contributed by atoms with E-state index in [0.717, 1.165) is 158 Å². The van der Waals surface area contributed by atoms with Crippen molar-refractivity contribution in [2.75, 3.05) is 18.8 Å². The lowest BCUT2D eigenvalue weighted by Gasteiger charge is -2.57. The van der Waals surface area contributed by atoms with Gasteiger partial charge in [-0.2, -0.15) is 0 Å². The number of aliphatic imine (C=N–C) groups is 1. The SMILES string of the molecule is CC(=O)OC12CCc3cc(c(O)c4c3C3C=CC5(CCCC5C3)O4)CN3CC4(CC3=O)C(c3ccccc3)CCC43C#CCC4CCC5(CCCC5(NC(N)=NC3)SSCC3CCC(CC35CCCC53CCCC3O)C(CC1)C(O)C2)C4. The van der Waals surface area contributed by atoms with Crippen molar-refractivity contribution in [1.29, 1.82) is 0 Å². The van der Waals surface area contributed by atoms with Crippen LogP contribution in [0.25, 0.3) is 0 Å². The molecular formula is C69H90N4O7S2. The smallest absolute Gasteiger partial charge is 0.303 e. The lowest BCUT2D eigenvalue weighted by molar-refractivity contribution is -0.173. The number of hydrogen-bond donors (Lipinski definition) is 5. The molecule has 2 aromatic rings. The average Bonchev–Trinajstić information content (AvgIpc) is 4.46. The molecule has 7 aliphatic heterocycles. The molecule has 7 heterocycles. The molecule has 82 heavy (non-hydrogen) atoms. The molecule has 8 saturated carbocycles. The third kappa shape index (κ3) is 8.27. The Morgan fingerprint density at radius 1 is 0.866 bits per heavy atom. The van der Waals surface area contributed by atoms with E-state index in [-0.39, 0.29) is 69.1 Å². The number of amides is 1. The summed E-state index contributed by atoms with van der Waals surface area (Å²) >= 11 is 0. The van der Waals surface area contributed by atoms with Gasteiger partial charge in [0.25, 0.3) is 0 Å². The summed E-state index contributed by atoms with van der Waals surface area (Å²) in [4.78, 5) is 36.0. The Labute approximate surface area is 495 Å². The number of aryl methyl sites for hydroxylation is 1. The van der Waals surface area contributed by atoms with Crippen molar-refractivity contribution in [2.45, 2.75) is 233 Å². The number of fused-ring (bicyclic) bond motifs is 2. The van der Waals surface area contributed by atoms with Crippen LogP contribution in [-0.4, -0.2) is 85.2 Å². The number of aliphatic hydroxyl groups excluding tert-OH is 2. The van der Waals surface area contributed by atoms with Gasteiger partial charge >= 0.3 is 5.97 Å². The quantitative estimate of drug-likeness (QED) is 0.0840. The van der Waals surface area contributed by atoms with Crippen LogP contribution in [0, 0.1) is 68.5 Å². The van der Waals surface area contributed by atoms with Crippen LogP contribution in [0.4, 0.5) is 0 Å². The van der Waals surface area contributed by atoms with Gasteiger partial charge in [0.15, 0.2) is 17.5 Å². The summed E-state index contributed by atoms with van der Waals surface area (Å²) in [6.07, 6.45) is 30.0. The molecule has 11 nitrogen and oxygen atoms in total. The number of guanidine groups is 1. The first-order valence-corrected chi connectivity index (χ1v) is 35.0. The van der Waals surface area contributed by atoms with Crippen molar-refractivity contribution >= 4 is 39.4 Å². The topological polar surface area (TPSA) is 167 Å². The Morgan fingerprint density at radius 3 is 2.55 bits per heavy atom. The maximum atomic E-state index is 15.4. The number of nitrogens with one attached hydrogen (secondary N) is 1. The van der Waals surface area contributed by atoms with E-state index in [4.69, 9.17) is 20.2 Å². The molecule has 0 aromatic heterocycles. The minimum absolute atomic E-state index is 0.000337. The fourth-order valence-corrected chi connectivity index (χ4v) is 26.6. The second kappa shape index (κ2) is 20.1. The van der Waals surface area contributed by atoms with Crippen molar-refractivity contribution in [3.8, 4) is 23.3 Å². The van der Waals surface area contributed by atoms with Crippen molar-refractivity contribution in [3.63, 3.8) is 0 Å². The Kier molecular flexibility index (Phi) is 13.4. The predicted octanol–water partition coefficient (Wildman–Crippen LogP) is 12.5. The summed E-state index contributed by atoms with van der Waals surface area (Å²) in [6, 6.07) is 13.0. The number of nitrogens with zero attached hydrogens (tertiary/aromatic N) is 2. The Bertz CT molecular complexity index is 3010. The van der Waals surface area contributed by atoms with Gasteiger partial charge in [0.1, 0.15) is 16.1 Å². The zero-order valence-corrected chi connectivity index (χ0v) is 50.3. The standard InChI is InChI=1S/C69H90N4O7S2/c1-44(74)79-64-31-18-47-34-50(59(78)60-58(47)48-19-33-68(80-60)27-6-13-51(68)35-48)40-73-43-67(39-57(73)77)54(46-11-3-2-4-12-46)21-30-63(67)22-5-10-45-17-29-62(36-45)23-8-28-69(62,72-61(70)71-42-63)82-81-41-52-16-15-49(53(20-32-64)55(75)38-64)37-66(52)26-9-25-65(66)24-7-14-56(65)76/h2-4,11-12,19,33-34,45,48-49,51-56,75-76,78H,6-10,13-18,20-21,23-32,35-43H2,1H3,(H3,70,71,72). The fraction of sp³-hybridized carbons (Fsp3) is 0.725. The lowest BCUT2D eigenvalue weighted by Crippen LogP contribution is -2.56. The van der Waals surface area contributed by atoms with Crippen LogP contribution < -0.4 is 15.8 Å². The molecule has 440 valence electrons. The Morgan fingerprint density at radius 2 is 1.71 bits per heavy atom. The van der Waals surface area contributed by atoms with E-state index >= 15 is 4.79 Å². The molecule has 16 aliphatic rings. The molecule has 9 aliphatic carbocycles. The van der Waals surface area contributed by atoms with E-state index in [1.165, 1.54) is 18.9 Å². The Balaban J connectivity index is 0.864. The van der Waals surface area contributed by atoms with Crippen LogP contribution in [0.3, 0.4) is 0 Å². The van der Waals surface area contributed by atoms with Crippen molar-refractivity contribution in [1.82, 2.24) is 10.2 Å². The number of ether oxygens (including phenoxy) is 2. The number of benzene rings is 2. The van der Waals surface area contributed by atoms with Gasteiger partial charge in [-0.15, -0.1) is 5.92 Å². The number of rotatable bonds is 2.